The Bertz CT molecular complexity index is 1530. The van der Waals surface area contributed by atoms with Crippen LogP contribution in [0.3, 0.4) is 0 Å². The first-order valence-electron chi connectivity index (χ1n) is 11.9. The van der Waals surface area contributed by atoms with Crippen LogP contribution < -0.4 is 9.47 Å². The summed E-state index contributed by atoms with van der Waals surface area (Å²) in [6.45, 7) is 1.92. The first kappa shape index (κ1) is 24.8. The van der Waals surface area contributed by atoms with Gasteiger partial charge in [-0.2, -0.15) is 5.10 Å². The van der Waals surface area contributed by atoms with Crippen LogP contribution in [0.5, 0.6) is 11.5 Å². The number of aliphatic hydroxyl groups is 1. The lowest BCUT2D eigenvalue weighted by atomic mass is 9.95. The molecule has 5 rings (SSSR count). The normalized spacial score (nSPS) is 16.6. The molecule has 1 atom stereocenters. The predicted molar refractivity (Wildman–Crippen MR) is 140 cm³/mol. The highest BCUT2D eigenvalue weighted by Gasteiger charge is 2.46. The van der Waals surface area contributed by atoms with Gasteiger partial charge in [-0.3, -0.25) is 14.6 Å². The number of hydrogen-bond donors (Lipinski definition) is 1. The topological polar surface area (TPSA) is 107 Å². The van der Waals surface area contributed by atoms with Crippen molar-refractivity contribution < 1.29 is 24.2 Å². The number of aromatic nitrogens is 3. The maximum atomic E-state index is 13.5. The summed E-state index contributed by atoms with van der Waals surface area (Å²) in [5.41, 5.74) is 3.09. The fourth-order valence-electron chi connectivity index (χ4n) is 4.72. The molecule has 0 saturated carbocycles. The molecule has 1 amide bonds. The van der Waals surface area contributed by atoms with Gasteiger partial charge in [0.15, 0.2) is 11.5 Å². The first-order valence-corrected chi connectivity index (χ1v) is 11.9. The number of para-hydroxylation sites is 1. The highest BCUT2D eigenvalue weighted by molar-refractivity contribution is 6.46. The Labute approximate surface area is 219 Å². The number of methoxy groups -OCH3 is 2. The van der Waals surface area contributed by atoms with Crippen LogP contribution in [-0.4, -0.2) is 50.7 Å². The molecule has 3 heterocycles. The van der Waals surface area contributed by atoms with Crippen molar-refractivity contribution in [2.45, 2.75) is 19.5 Å². The third kappa shape index (κ3) is 4.28. The lowest BCUT2D eigenvalue weighted by Crippen LogP contribution is -2.29. The molecule has 1 aliphatic heterocycles. The third-order valence-electron chi connectivity index (χ3n) is 6.60. The maximum Gasteiger partial charge on any atom is 0.295 e. The number of pyridine rings is 1. The van der Waals surface area contributed by atoms with E-state index in [4.69, 9.17) is 9.47 Å². The van der Waals surface area contributed by atoms with Crippen LogP contribution in [0.4, 0.5) is 0 Å². The number of Topliss-reactive ketones (excluding diaryl/α,β-unsaturated/α-hetero) is 1. The van der Waals surface area contributed by atoms with Crippen molar-refractivity contribution in [1.82, 2.24) is 19.7 Å². The molecule has 4 aromatic rings. The smallest absolute Gasteiger partial charge is 0.295 e. The van der Waals surface area contributed by atoms with Gasteiger partial charge in [0.2, 0.25) is 0 Å². The fraction of sp³-hybridized carbons (Fsp3) is 0.172. The minimum Gasteiger partial charge on any atom is -0.507 e. The zero-order valence-electron chi connectivity index (χ0n) is 21.2. The summed E-state index contributed by atoms with van der Waals surface area (Å²) in [5, 5.41) is 16.0. The van der Waals surface area contributed by atoms with E-state index in [-0.39, 0.29) is 17.9 Å². The second-order valence-corrected chi connectivity index (χ2v) is 8.79. The van der Waals surface area contributed by atoms with Crippen molar-refractivity contribution >= 4 is 17.4 Å². The van der Waals surface area contributed by atoms with Crippen LogP contribution in [0.15, 0.2) is 84.8 Å². The average molecular weight is 511 g/mol. The lowest BCUT2D eigenvalue weighted by molar-refractivity contribution is -0.140. The van der Waals surface area contributed by atoms with E-state index in [1.54, 1.807) is 48.3 Å². The van der Waals surface area contributed by atoms with Gasteiger partial charge in [0.1, 0.15) is 5.76 Å². The van der Waals surface area contributed by atoms with Crippen LogP contribution in [-0.2, 0) is 16.1 Å². The molecular weight excluding hydrogens is 484 g/mol. The van der Waals surface area contributed by atoms with E-state index in [0.717, 1.165) is 11.3 Å². The van der Waals surface area contributed by atoms with Crippen LogP contribution in [0.1, 0.15) is 28.4 Å². The molecule has 1 fully saturated rings. The molecule has 2 aromatic heterocycles. The molecule has 0 radical (unpaired) electrons. The van der Waals surface area contributed by atoms with E-state index in [0.29, 0.717) is 28.3 Å². The number of benzene rings is 2. The number of ether oxygens (including phenoxy) is 2. The molecule has 1 saturated heterocycles. The first-order chi connectivity index (χ1) is 18.4. The van der Waals surface area contributed by atoms with E-state index in [1.807, 2.05) is 36.4 Å². The molecule has 192 valence electrons. The molecular formula is C29H26N4O5. The van der Waals surface area contributed by atoms with E-state index < -0.39 is 17.7 Å². The molecule has 1 unspecified atom stereocenters. The summed E-state index contributed by atoms with van der Waals surface area (Å²) in [6, 6.07) is 17.3. The number of nitrogens with zero attached hydrogens (tertiary/aromatic N) is 4. The van der Waals surface area contributed by atoms with Gasteiger partial charge >= 0.3 is 0 Å². The van der Waals surface area contributed by atoms with Gasteiger partial charge in [-0.25, -0.2) is 4.68 Å². The highest BCUT2D eigenvalue weighted by Crippen LogP contribution is 2.43. The molecule has 2 aromatic carbocycles. The number of hydrogen-bond acceptors (Lipinski definition) is 7. The Balaban J connectivity index is 1.67. The van der Waals surface area contributed by atoms with Crippen molar-refractivity contribution in [2.75, 3.05) is 14.2 Å². The molecule has 9 nitrogen and oxygen atoms in total. The largest absolute Gasteiger partial charge is 0.507 e. The molecule has 0 bridgehead atoms. The van der Waals surface area contributed by atoms with E-state index in [1.165, 1.54) is 25.3 Å². The van der Waals surface area contributed by atoms with Gasteiger partial charge in [-0.1, -0.05) is 30.3 Å². The summed E-state index contributed by atoms with van der Waals surface area (Å²) in [7, 11) is 3.04. The molecule has 38 heavy (non-hydrogen) atoms. The van der Waals surface area contributed by atoms with Gasteiger partial charge in [0, 0.05) is 18.9 Å². The Morgan fingerprint density at radius 3 is 2.42 bits per heavy atom. The van der Waals surface area contributed by atoms with E-state index in [2.05, 4.69) is 10.1 Å². The van der Waals surface area contributed by atoms with Crippen molar-refractivity contribution in [2.24, 2.45) is 0 Å². The summed E-state index contributed by atoms with van der Waals surface area (Å²) in [4.78, 5) is 32.4. The number of carbonyl (C=O) groups is 2. The zero-order chi connectivity index (χ0) is 26.8. The fourth-order valence-corrected chi connectivity index (χ4v) is 4.72. The van der Waals surface area contributed by atoms with Gasteiger partial charge in [0.05, 0.1) is 49.0 Å². The Morgan fingerprint density at radius 2 is 1.74 bits per heavy atom. The summed E-state index contributed by atoms with van der Waals surface area (Å²) in [6.07, 6.45) is 4.77. The molecule has 0 spiro atoms. The molecule has 9 heteroatoms. The van der Waals surface area contributed by atoms with Crippen molar-refractivity contribution in [3.63, 3.8) is 0 Å². The number of rotatable bonds is 7. The van der Waals surface area contributed by atoms with Gasteiger partial charge in [-0.05, 0) is 48.4 Å². The minimum atomic E-state index is -0.880. The molecule has 0 aliphatic carbocycles. The van der Waals surface area contributed by atoms with Crippen molar-refractivity contribution in [1.29, 1.82) is 0 Å². The summed E-state index contributed by atoms with van der Waals surface area (Å²) < 4.78 is 12.5. The average Bonchev–Trinajstić information content (AvgIpc) is 3.46. The Hall–Kier alpha value is -4.92. The summed E-state index contributed by atoms with van der Waals surface area (Å²) >= 11 is 0. The third-order valence-corrected chi connectivity index (χ3v) is 6.60. The zero-order valence-corrected chi connectivity index (χ0v) is 21.2. The van der Waals surface area contributed by atoms with Crippen molar-refractivity contribution in [3.8, 4) is 17.2 Å². The lowest BCUT2D eigenvalue weighted by Gasteiger charge is -2.26. The van der Waals surface area contributed by atoms with Gasteiger partial charge in [0.25, 0.3) is 11.7 Å². The highest BCUT2D eigenvalue weighted by atomic mass is 16.5. The van der Waals surface area contributed by atoms with Gasteiger partial charge in [-0.15, -0.1) is 0 Å². The monoisotopic (exact) mass is 510 g/mol. The van der Waals surface area contributed by atoms with E-state index in [9.17, 15) is 14.7 Å². The van der Waals surface area contributed by atoms with Crippen LogP contribution in [0, 0.1) is 6.92 Å². The Kier molecular flexibility index (Phi) is 6.66. The standard InChI is InChI=1S/C29H26N4O5/c1-18-22(16-31-33(18)21-9-5-4-6-10-21)27(34)25-26(20-11-12-23(37-2)24(14-20)38-3)32(29(36)28(25)35)17-19-8-7-13-30-15-19/h4-16,26,34H,17H2,1-3H3. The van der Waals surface area contributed by atoms with Crippen LogP contribution in [0.25, 0.3) is 11.4 Å². The number of aliphatic hydroxyl groups excluding tert-OH is 1. The second kappa shape index (κ2) is 10.2. The number of ketones is 1. The number of likely N-dealkylation sites (tertiary alicyclic amines) is 1. The maximum absolute atomic E-state index is 13.5. The Morgan fingerprint density at radius 1 is 0.974 bits per heavy atom. The molecule has 1 aliphatic rings. The minimum absolute atomic E-state index is 0.0261. The van der Waals surface area contributed by atoms with Gasteiger partial charge < -0.3 is 19.5 Å². The summed E-state index contributed by atoms with van der Waals surface area (Å²) in [5.74, 6) is -0.858. The SMILES string of the molecule is COc1ccc(C2C(=C(O)c3cnn(-c4ccccc4)c3C)C(=O)C(=O)N2Cc2cccnc2)cc1OC. The number of carbonyl (C=O) groups excluding carboxylic acids is 2. The van der Waals surface area contributed by atoms with Crippen LogP contribution in [0.2, 0.25) is 0 Å². The quantitative estimate of drug-likeness (QED) is 0.225. The molecule has 1 N–H and O–H groups in total. The number of amides is 1. The second-order valence-electron chi connectivity index (χ2n) is 8.79. The van der Waals surface area contributed by atoms with E-state index >= 15 is 0 Å². The van der Waals surface area contributed by atoms with Crippen LogP contribution >= 0.6 is 0 Å². The predicted octanol–water partition coefficient (Wildman–Crippen LogP) is 4.21. The van der Waals surface area contributed by atoms with Crippen molar-refractivity contribution in [3.05, 3.63) is 107 Å².